The Morgan fingerprint density at radius 3 is 2.45 bits per heavy atom. The molecule has 0 heterocycles. The second-order valence-corrected chi connectivity index (χ2v) is 6.51. The lowest BCUT2D eigenvalue weighted by atomic mass is 9.94. The van der Waals surface area contributed by atoms with Crippen molar-refractivity contribution in [2.75, 3.05) is 26.7 Å². The van der Waals surface area contributed by atoms with Crippen molar-refractivity contribution in [1.29, 1.82) is 0 Å². The maximum absolute atomic E-state index is 11.4. The Labute approximate surface area is 124 Å². The summed E-state index contributed by atoms with van der Waals surface area (Å²) >= 11 is 0. The number of hydrogen-bond donors (Lipinski definition) is 2. The molecule has 0 aliphatic rings. The minimum Gasteiger partial charge on any atom is -0.480 e. The van der Waals surface area contributed by atoms with E-state index in [2.05, 4.69) is 38.0 Å². The predicted octanol–water partition coefficient (Wildman–Crippen LogP) is 2.98. The zero-order chi connectivity index (χ0) is 15.6. The van der Waals surface area contributed by atoms with Gasteiger partial charge in [-0.25, -0.2) is 0 Å². The van der Waals surface area contributed by atoms with E-state index in [1.165, 1.54) is 6.42 Å². The predicted molar refractivity (Wildman–Crippen MR) is 85.1 cm³/mol. The van der Waals surface area contributed by atoms with Crippen molar-refractivity contribution in [3.8, 4) is 0 Å². The summed E-state index contributed by atoms with van der Waals surface area (Å²) in [5.74, 6) is 0.00473. The Kier molecular flexibility index (Phi) is 9.86. The van der Waals surface area contributed by atoms with Crippen molar-refractivity contribution in [2.45, 2.75) is 65.3 Å². The quantitative estimate of drug-likeness (QED) is 0.542. The third kappa shape index (κ3) is 8.54. The fourth-order valence-corrected chi connectivity index (χ4v) is 2.12. The normalized spacial score (nSPS) is 14.8. The minimum atomic E-state index is -0.771. The van der Waals surface area contributed by atoms with Gasteiger partial charge in [-0.15, -0.1) is 0 Å². The molecular formula is C16H34N2O2. The first kappa shape index (κ1) is 19.4. The number of unbranched alkanes of at least 4 members (excludes halogenated alkanes) is 1. The van der Waals surface area contributed by atoms with Gasteiger partial charge < -0.3 is 15.3 Å². The zero-order valence-corrected chi connectivity index (χ0v) is 14.0. The fraction of sp³-hybridized carbons (Fsp3) is 0.938. The Morgan fingerprint density at radius 2 is 1.95 bits per heavy atom. The highest BCUT2D eigenvalue weighted by Crippen LogP contribution is 2.15. The second-order valence-electron chi connectivity index (χ2n) is 6.51. The van der Waals surface area contributed by atoms with Crippen molar-refractivity contribution in [3.63, 3.8) is 0 Å². The van der Waals surface area contributed by atoms with Crippen molar-refractivity contribution < 1.29 is 9.90 Å². The number of carboxylic acid groups (broad SMARTS) is 1. The molecule has 0 radical (unpaired) electrons. The number of carboxylic acids is 1. The molecule has 1 unspecified atom stereocenters. The lowest BCUT2D eigenvalue weighted by Crippen LogP contribution is -2.49. The Hall–Kier alpha value is -0.610. The average Bonchev–Trinajstić information content (AvgIpc) is 2.38. The molecule has 0 amide bonds. The minimum absolute atomic E-state index is 0.695. The van der Waals surface area contributed by atoms with E-state index in [-0.39, 0.29) is 0 Å². The number of nitrogens with zero attached hydrogens (tertiary/aromatic N) is 1. The summed E-state index contributed by atoms with van der Waals surface area (Å²) in [6.45, 7) is 11.3. The van der Waals surface area contributed by atoms with Gasteiger partial charge in [-0.05, 0) is 71.6 Å². The van der Waals surface area contributed by atoms with E-state index in [0.717, 1.165) is 44.8 Å². The molecule has 2 N–H and O–H groups in total. The maximum Gasteiger partial charge on any atom is 0.323 e. The van der Waals surface area contributed by atoms with E-state index in [1.807, 2.05) is 0 Å². The van der Waals surface area contributed by atoms with Crippen LogP contribution >= 0.6 is 0 Å². The first-order valence-electron chi connectivity index (χ1n) is 7.98. The van der Waals surface area contributed by atoms with E-state index in [1.54, 1.807) is 6.92 Å². The van der Waals surface area contributed by atoms with Crippen LogP contribution in [0.5, 0.6) is 0 Å². The largest absolute Gasteiger partial charge is 0.480 e. The molecule has 0 saturated heterocycles. The van der Waals surface area contributed by atoms with Crippen molar-refractivity contribution >= 4 is 5.97 Å². The van der Waals surface area contributed by atoms with E-state index in [0.29, 0.717) is 6.42 Å². The summed E-state index contributed by atoms with van der Waals surface area (Å²) in [6.07, 6.45) is 4.89. The van der Waals surface area contributed by atoms with Gasteiger partial charge >= 0.3 is 5.97 Å². The zero-order valence-electron chi connectivity index (χ0n) is 14.0. The van der Waals surface area contributed by atoms with Crippen LogP contribution in [0, 0.1) is 5.92 Å². The molecule has 0 aromatic carbocycles. The Morgan fingerprint density at radius 1 is 1.30 bits per heavy atom. The molecule has 4 nitrogen and oxygen atoms in total. The summed E-state index contributed by atoms with van der Waals surface area (Å²) in [7, 11) is 2.15. The second kappa shape index (κ2) is 10.2. The molecular weight excluding hydrogens is 252 g/mol. The van der Waals surface area contributed by atoms with Gasteiger partial charge in [-0.3, -0.25) is 4.79 Å². The van der Waals surface area contributed by atoms with E-state index >= 15 is 0 Å². The molecule has 20 heavy (non-hydrogen) atoms. The highest BCUT2D eigenvalue weighted by atomic mass is 16.4. The summed E-state index contributed by atoms with van der Waals surface area (Å²) in [5.41, 5.74) is -0.771. The van der Waals surface area contributed by atoms with Crippen molar-refractivity contribution in [3.05, 3.63) is 0 Å². The molecule has 0 spiro atoms. The molecule has 0 bridgehead atoms. The molecule has 0 fully saturated rings. The number of aliphatic carboxylic acids is 1. The maximum atomic E-state index is 11.4. The van der Waals surface area contributed by atoms with Crippen LogP contribution in [0.15, 0.2) is 0 Å². The molecule has 0 aromatic heterocycles. The molecule has 1 atom stereocenters. The topological polar surface area (TPSA) is 52.6 Å². The molecule has 0 aliphatic carbocycles. The Balaban J connectivity index is 3.92. The van der Waals surface area contributed by atoms with Crippen LogP contribution in [0.2, 0.25) is 0 Å². The van der Waals surface area contributed by atoms with Crippen LogP contribution in [0.25, 0.3) is 0 Å². The van der Waals surface area contributed by atoms with Crippen LogP contribution in [0.4, 0.5) is 0 Å². The molecule has 0 saturated carbocycles. The molecule has 4 heteroatoms. The number of nitrogens with one attached hydrogen (secondary N) is 1. The third-order valence-electron chi connectivity index (χ3n) is 3.79. The van der Waals surface area contributed by atoms with Crippen LogP contribution < -0.4 is 5.32 Å². The summed E-state index contributed by atoms with van der Waals surface area (Å²) < 4.78 is 0. The van der Waals surface area contributed by atoms with Crippen molar-refractivity contribution in [1.82, 2.24) is 10.2 Å². The van der Waals surface area contributed by atoms with Gasteiger partial charge in [-0.1, -0.05) is 20.8 Å². The summed E-state index contributed by atoms with van der Waals surface area (Å²) in [5, 5.41) is 12.5. The van der Waals surface area contributed by atoms with E-state index in [9.17, 15) is 9.90 Å². The fourth-order valence-electron chi connectivity index (χ4n) is 2.12. The van der Waals surface area contributed by atoms with E-state index in [4.69, 9.17) is 0 Å². The monoisotopic (exact) mass is 286 g/mol. The SMILES string of the molecule is CCCNC(C)(CCCCN(C)CCC(C)C)C(=O)O. The number of hydrogen-bond acceptors (Lipinski definition) is 3. The standard InChI is InChI=1S/C16H34N2O2/c1-6-11-17-16(4,15(19)20)10-7-8-12-18(5)13-9-14(2)3/h14,17H,6-13H2,1-5H3,(H,19,20). The van der Waals surface area contributed by atoms with E-state index < -0.39 is 11.5 Å². The summed E-state index contributed by atoms with van der Waals surface area (Å²) in [6, 6.07) is 0. The van der Waals surface area contributed by atoms with Crippen LogP contribution in [0.1, 0.15) is 59.8 Å². The van der Waals surface area contributed by atoms with Gasteiger partial charge in [0.1, 0.15) is 5.54 Å². The lowest BCUT2D eigenvalue weighted by molar-refractivity contribution is -0.144. The smallest absolute Gasteiger partial charge is 0.323 e. The van der Waals surface area contributed by atoms with Gasteiger partial charge in [0.15, 0.2) is 0 Å². The van der Waals surface area contributed by atoms with Crippen LogP contribution in [-0.2, 0) is 4.79 Å². The molecule has 120 valence electrons. The summed E-state index contributed by atoms with van der Waals surface area (Å²) in [4.78, 5) is 13.7. The van der Waals surface area contributed by atoms with Gasteiger partial charge in [0.05, 0.1) is 0 Å². The Bertz CT molecular complexity index is 269. The first-order chi connectivity index (χ1) is 9.31. The third-order valence-corrected chi connectivity index (χ3v) is 3.79. The van der Waals surface area contributed by atoms with Crippen LogP contribution in [-0.4, -0.2) is 48.2 Å². The van der Waals surface area contributed by atoms with Gasteiger partial charge in [0.2, 0.25) is 0 Å². The van der Waals surface area contributed by atoms with Gasteiger partial charge in [-0.2, -0.15) is 0 Å². The number of carbonyl (C=O) groups is 1. The van der Waals surface area contributed by atoms with Crippen molar-refractivity contribution in [2.24, 2.45) is 5.92 Å². The number of rotatable bonds is 12. The first-order valence-corrected chi connectivity index (χ1v) is 7.98. The lowest BCUT2D eigenvalue weighted by Gasteiger charge is -2.26. The van der Waals surface area contributed by atoms with Gasteiger partial charge in [0, 0.05) is 0 Å². The molecule has 0 rings (SSSR count). The highest BCUT2D eigenvalue weighted by molar-refractivity contribution is 5.78. The molecule has 0 aromatic rings. The average molecular weight is 286 g/mol. The van der Waals surface area contributed by atoms with Gasteiger partial charge in [0.25, 0.3) is 0 Å². The highest BCUT2D eigenvalue weighted by Gasteiger charge is 2.31. The molecule has 0 aliphatic heterocycles. The van der Waals surface area contributed by atoms with Crippen LogP contribution in [0.3, 0.4) is 0 Å².